The van der Waals surface area contributed by atoms with Crippen LogP contribution in [0.1, 0.15) is 30.7 Å². The van der Waals surface area contributed by atoms with Gasteiger partial charge in [-0.3, -0.25) is 4.99 Å². The predicted molar refractivity (Wildman–Crippen MR) is 122 cm³/mol. The van der Waals surface area contributed by atoms with Crippen molar-refractivity contribution in [2.24, 2.45) is 18.0 Å². The van der Waals surface area contributed by atoms with Crippen LogP contribution in [-0.4, -0.2) is 42.2 Å². The molecule has 2 unspecified atom stereocenters. The molecule has 0 saturated carbocycles. The van der Waals surface area contributed by atoms with E-state index in [1.165, 1.54) is 11.3 Å². The number of halogens is 1. The highest BCUT2D eigenvalue weighted by Gasteiger charge is 2.29. The lowest BCUT2D eigenvalue weighted by molar-refractivity contribution is 0.0925. The van der Waals surface area contributed by atoms with Crippen molar-refractivity contribution in [1.82, 2.24) is 14.8 Å². The van der Waals surface area contributed by atoms with Gasteiger partial charge in [-0.25, -0.2) is 0 Å². The fourth-order valence-corrected chi connectivity index (χ4v) is 3.48. The molecule has 5 nitrogen and oxygen atoms in total. The number of aliphatic imine (C=N–C) groups is 1. The summed E-state index contributed by atoms with van der Waals surface area (Å²) in [5.74, 6) is 1.38. The average Bonchev–Trinajstić information content (AvgIpc) is 3.28. The van der Waals surface area contributed by atoms with Crippen LogP contribution in [0.2, 0.25) is 0 Å². The number of nitrogens with zero attached hydrogens (tertiary/aromatic N) is 3. The van der Waals surface area contributed by atoms with Crippen LogP contribution < -0.4 is 5.32 Å². The molecule has 0 amide bonds. The molecular formula is C21H31IN4O. The molecule has 0 aliphatic carbocycles. The number of rotatable bonds is 6. The monoisotopic (exact) mass is 482 g/mol. The van der Waals surface area contributed by atoms with Crippen LogP contribution in [0.5, 0.6) is 0 Å². The third-order valence-electron chi connectivity index (χ3n) is 4.96. The van der Waals surface area contributed by atoms with Crippen molar-refractivity contribution in [3.8, 4) is 0 Å². The Balaban J connectivity index is 0.00000261. The van der Waals surface area contributed by atoms with Crippen molar-refractivity contribution >= 4 is 29.9 Å². The van der Waals surface area contributed by atoms with Gasteiger partial charge in [0.05, 0.1) is 12.6 Å². The number of aryl methyl sites for hydroxylation is 1. The van der Waals surface area contributed by atoms with E-state index in [1.807, 2.05) is 6.07 Å². The Kier molecular flexibility index (Phi) is 8.63. The first-order chi connectivity index (χ1) is 12.7. The Morgan fingerprint density at radius 3 is 2.70 bits per heavy atom. The lowest BCUT2D eigenvalue weighted by Crippen LogP contribution is -2.39. The summed E-state index contributed by atoms with van der Waals surface area (Å²) in [7, 11) is 4.17. The third kappa shape index (κ3) is 5.72. The zero-order chi connectivity index (χ0) is 18.4. The highest BCUT2D eigenvalue weighted by molar-refractivity contribution is 14.0. The lowest BCUT2D eigenvalue weighted by atomic mass is 9.95. The molecule has 1 N–H and O–H groups in total. The first kappa shape index (κ1) is 21.8. The molecule has 1 aliphatic heterocycles. The number of benzene rings is 1. The van der Waals surface area contributed by atoms with Gasteiger partial charge < -0.3 is 19.5 Å². The summed E-state index contributed by atoms with van der Waals surface area (Å²) in [5, 5.41) is 3.42. The Hall–Kier alpha value is -1.54. The number of hydrogen-bond acceptors (Lipinski definition) is 2. The molecule has 1 fully saturated rings. The number of ether oxygens (including phenoxy) is 1. The van der Waals surface area contributed by atoms with Crippen LogP contribution in [0.4, 0.5) is 0 Å². The van der Waals surface area contributed by atoms with E-state index in [4.69, 9.17) is 9.73 Å². The SMILES string of the molecule is CCNC(=NCC1CCOC1c1ccccc1)N(C)Cc1cccn1C.I. The van der Waals surface area contributed by atoms with Crippen LogP contribution in [0.25, 0.3) is 0 Å². The standard InChI is InChI=1S/C21H30N4O.HI/c1-4-22-21(25(3)16-19-11-8-13-24(19)2)23-15-18-12-14-26-20(18)17-9-6-5-7-10-17;/h5-11,13,18,20H,4,12,14-16H2,1-3H3,(H,22,23);1H. The average molecular weight is 482 g/mol. The molecule has 1 saturated heterocycles. The predicted octanol–water partition coefficient (Wildman–Crippen LogP) is 3.82. The van der Waals surface area contributed by atoms with E-state index < -0.39 is 0 Å². The molecule has 1 aromatic heterocycles. The molecule has 0 bridgehead atoms. The zero-order valence-corrected chi connectivity index (χ0v) is 18.8. The van der Waals surface area contributed by atoms with Crippen molar-refractivity contribution < 1.29 is 4.74 Å². The Morgan fingerprint density at radius 1 is 1.26 bits per heavy atom. The second-order valence-corrected chi connectivity index (χ2v) is 6.91. The minimum Gasteiger partial charge on any atom is -0.373 e. The molecule has 2 heterocycles. The Bertz CT molecular complexity index is 716. The molecule has 6 heteroatoms. The van der Waals surface area contributed by atoms with Crippen LogP contribution in [0.15, 0.2) is 53.7 Å². The molecule has 1 aromatic carbocycles. The van der Waals surface area contributed by atoms with Gasteiger partial charge in [0.2, 0.25) is 0 Å². The minimum absolute atomic E-state index is 0. The highest BCUT2D eigenvalue weighted by atomic mass is 127. The minimum atomic E-state index is 0. The summed E-state index contributed by atoms with van der Waals surface area (Å²) in [5.41, 5.74) is 2.52. The van der Waals surface area contributed by atoms with E-state index in [2.05, 4.69) is 78.4 Å². The topological polar surface area (TPSA) is 41.8 Å². The van der Waals surface area contributed by atoms with Gasteiger partial charge in [0, 0.05) is 51.6 Å². The highest BCUT2D eigenvalue weighted by Crippen LogP contribution is 2.34. The summed E-state index contributed by atoms with van der Waals surface area (Å²) in [6.45, 7) is 5.39. The first-order valence-corrected chi connectivity index (χ1v) is 9.45. The van der Waals surface area contributed by atoms with Gasteiger partial charge in [-0.1, -0.05) is 30.3 Å². The van der Waals surface area contributed by atoms with Crippen LogP contribution >= 0.6 is 24.0 Å². The molecular weight excluding hydrogens is 451 g/mol. The summed E-state index contributed by atoms with van der Waals surface area (Å²) < 4.78 is 8.15. The second kappa shape index (κ2) is 10.7. The molecule has 3 rings (SSSR count). The fourth-order valence-electron chi connectivity index (χ4n) is 3.48. The maximum atomic E-state index is 6.00. The molecule has 2 aromatic rings. The second-order valence-electron chi connectivity index (χ2n) is 6.91. The Labute approximate surface area is 179 Å². The largest absolute Gasteiger partial charge is 0.373 e. The van der Waals surface area contributed by atoms with E-state index in [0.29, 0.717) is 5.92 Å². The maximum absolute atomic E-state index is 6.00. The fraction of sp³-hybridized carbons (Fsp3) is 0.476. The van der Waals surface area contributed by atoms with Gasteiger partial charge in [-0.2, -0.15) is 0 Å². The van der Waals surface area contributed by atoms with Gasteiger partial charge in [0.15, 0.2) is 5.96 Å². The lowest BCUT2D eigenvalue weighted by Gasteiger charge is -2.24. The number of aromatic nitrogens is 1. The Morgan fingerprint density at radius 2 is 2.04 bits per heavy atom. The molecule has 0 spiro atoms. The molecule has 27 heavy (non-hydrogen) atoms. The molecule has 2 atom stereocenters. The summed E-state index contributed by atoms with van der Waals surface area (Å²) in [4.78, 5) is 7.11. The van der Waals surface area contributed by atoms with Gasteiger partial charge in [-0.15, -0.1) is 24.0 Å². The third-order valence-corrected chi connectivity index (χ3v) is 4.96. The smallest absolute Gasteiger partial charge is 0.194 e. The first-order valence-electron chi connectivity index (χ1n) is 9.45. The molecule has 0 radical (unpaired) electrons. The van der Waals surface area contributed by atoms with Crippen LogP contribution in [0, 0.1) is 5.92 Å². The van der Waals surface area contributed by atoms with Crippen molar-refractivity contribution in [2.45, 2.75) is 26.0 Å². The zero-order valence-electron chi connectivity index (χ0n) is 16.5. The summed E-state index contributed by atoms with van der Waals surface area (Å²) in [6, 6.07) is 14.7. The van der Waals surface area contributed by atoms with Gasteiger partial charge in [0.25, 0.3) is 0 Å². The van der Waals surface area contributed by atoms with Gasteiger partial charge in [-0.05, 0) is 31.0 Å². The van der Waals surface area contributed by atoms with Gasteiger partial charge >= 0.3 is 0 Å². The van der Waals surface area contributed by atoms with E-state index in [-0.39, 0.29) is 30.1 Å². The van der Waals surface area contributed by atoms with Crippen LogP contribution in [0.3, 0.4) is 0 Å². The van der Waals surface area contributed by atoms with E-state index >= 15 is 0 Å². The van der Waals surface area contributed by atoms with Crippen LogP contribution in [-0.2, 0) is 18.3 Å². The maximum Gasteiger partial charge on any atom is 0.194 e. The van der Waals surface area contributed by atoms with Crippen molar-refractivity contribution in [3.63, 3.8) is 0 Å². The van der Waals surface area contributed by atoms with Crippen molar-refractivity contribution in [2.75, 3.05) is 26.7 Å². The molecule has 1 aliphatic rings. The van der Waals surface area contributed by atoms with Crippen molar-refractivity contribution in [1.29, 1.82) is 0 Å². The summed E-state index contributed by atoms with van der Waals surface area (Å²) in [6.07, 6.45) is 3.29. The number of hydrogen-bond donors (Lipinski definition) is 1. The van der Waals surface area contributed by atoms with E-state index in [1.54, 1.807) is 0 Å². The number of nitrogens with one attached hydrogen (secondary N) is 1. The normalized spacial score (nSPS) is 19.6. The molecule has 148 valence electrons. The number of guanidine groups is 1. The van der Waals surface area contributed by atoms with E-state index in [9.17, 15) is 0 Å². The van der Waals surface area contributed by atoms with Crippen molar-refractivity contribution in [3.05, 3.63) is 59.9 Å². The van der Waals surface area contributed by atoms with Gasteiger partial charge in [0.1, 0.15) is 0 Å². The quantitative estimate of drug-likeness (QED) is 0.387. The summed E-state index contributed by atoms with van der Waals surface area (Å²) >= 11 is 0. The van der Waals surface area contributed by atoms with E-state index in [0.717, 1.165) is 38.6 Å².